The molecule has 1 aromatic carbocycles. The zero-order valence-electron chi connectivity index (χ0n) is 6.28. The average molecular weight is 164 g/mol. The molecule has 1 heterocycles. The molecule has 0 saturated carbocycles. The van der Waals surface area contributed by atoms with E-state index in [0.29, 0.717) is 0 Å². The van der Waals surface area contributed by atoms with Crippen molar-refractivity contribution in [2.45, 2.75) is 0 Å². The van der Waals surface area contributed by atoms with Crippen molar-refractivity contribution in [3.8, 4) is 0 Å². The van der Waals surface area contributed by atoms with E-state index in [1.807, 2.05) is 25.2 Å². The maximum atomic E-state index is 4.34. The number of rotatable bonds is 0. The van der Waals surface area contributed by atoms with Crippen molar-refractivity contribution in [1.29, 1.82) is 0 Å². The number of aryl methyl sites for hydroxylation is 1. The highest BCUT2D eigenvalue weighted by Crippen LogP contribution is 2.09. The van der Waals surface area contributed by atoms with Crippen LogP contribution in [0.3, 0.4) is 0 Å². The first-order valence-corrected chi connectivity index (χ1v) is 4.04. The summed E-state index contributed by atoms with van der Waals surface area (Å²) in [6, 6.07) is 8.10. The van der Waals surface area contributed by atoms with Crippen LogP contribution in [-0.4, -0.2) is 9.55 Å². The van der Waals surface area contributed by atoms with Crippen LogP contribution >= 0.6 is 9.24 Å². The van der Waals surface area contributed by atoms with Gasteiger partial charge in [-0.05, 0) is 12.1 Å². The van der Waals surface area contributed by atoms with Crippen LogP contribution in [0, 0.1) is 0 Å². The molecular weight excluding hydrogens is 155 g/mol. The molecule has 1 aromatic heterocycles. The molecule has 0 aliphatic heterocycles. The third kappa shape index (κ3) is 0.945. The molecule has 2 rings (SSSR count). The lowest BCUT2D eigenvalue weighted by Crippen LogP contribution is -2.05. The van der Waals surface area contributed by atoms with Crippen LogP contribution in [0.2, 0.25) is 0 Å². The van der Waals surface area contributed by atoms with Crippen LogP contribution in [0.1, 0.15) is 0 Å². The lowest BCUT2D eigenvalue weighted by molar-refractivity contribution is 0.992. The Bertz CT molecular complexity index is 392. The molecule has 11 heavy (non-hydrogen) atoms. The Labute approximate surface area is 67.4 Å². The second kappa shape index (κ2) is 2.31. The lowest BCUT2D eigenvalue weighted by Gasteiger charge is -1.93. The average Bonchev–Trinajstić information content (AvgIpc) is 2.30. The fourth-order valence-electron chi connectivity index (χ4n) is 1.16. The molecular formula is C8H9N2P. The Hall–Kier alpha value is -0.880. The molecule has 1 unspecified atom stereocenters. The van der Waals surface area contributed by atoms with Gasteiger partial charge in [-0.1, -0.05) is 21.4 Å². The second-order valence-corrected chi connectivity index (χ2v) is 3.03. The second-order valence-electron chi connectivity index (χ2n) is 2.52. The van der Waals surface area contributed by atoms with Crippen molar-refractivity contribution in [2.24, 2.45) is 7.05 Å². The van der Waals surface area contributed by atoms with Crippen molar-refractivity contribution in [1.82, 2.24) is 9.55 Å². The normalized spacial score (nSPS) is 10.7. The van der Waals surface area contributed by atoms with Crippen LogP contribution in [0.15, 0.2) is 24.3 Å². The van der Waals surface area contributed by atoms with E-state index >= 15 is 0 Å². The molecule has 0 N–H and O–H groups in total. The van der Waals surface area contributed by atoms with Crippen molar-refractivity contribution in [3.63, 3.8) is 0 Å². The fraction of sp³-hybridized carbons (Fsp3) is 0.125. The van der Waals surface area contributed by atoms with Gasteiger partial charge in [0, 0.05) is 7.05 Å². The van der Waals surface area contributed by atoms with E-state index in [-0.39, 0.29) is 0 Å². The number of para-hydroxylation sites is 2. The highest BCUT2D eigenvalue weighted by molar-refractivity contribution is 7.26. The van der Waals surface area contributed by atoms with Crippen molar-refractivity contribution < 1.29 is 0 Å². The Morgan fingerprint density at radius 3 is 2.82 bits per heavy atom. The van der Waals surface area contributed by atoms with E-state index in [4.69, 9.17) is 0 Å². The summed E-state index contributed by atoms with van der Waals surface area (Å²) in [5.74, 6) is 0. The van der Waals surface area contributed by atoms with Gasteiger partial charge in [-0.3, -0.25) is 0 Å². The number of benzene rings is 1. The first kappa shape index (κ1) is 6.81. The van der Waals surface area contributed by atoms with Crippen molar-refractivity contribution in [2.75, 3.05) is 0 Å². The molecule has 56 valence electrons. The number of imidazole rings is 1. The first-order valence-electron chi connectivity index (χ1n) is 3.46. The predicted molar refractivity (Wildman–Crippen MR) is 50.1 cm³/mol. The standard InChI is InChI=1S/C8H9N2P/c1-10-7-5-3-2-4-6(7)9-8(10)11/h2-5H,11H2,1H3. The number of fused-ring (bicyclic) bond motifs is 1. The summed E-state index contributed by atoms with van der Waals surface area (Å²) in [6.45, 7) is 0. The molecule has 0 amide bonds. The van der Waals surface area contributed by atoms with Gasteiger partial charge in [-0.15, -0.1) is 0 Å². The zero-order valence-corrected chi connectivity index (χ0v) is 7.44. The summed E-state index contributed by atoms with van der Waals surface area (Å²) in [6.07, 6.45) is 0. The van der Waals surface area contributed by atoms with Crippen LogP contribution in [0.5, 0.6) is 0 Å². The van der Waals surface area contributed by atoms with Gasteiger partial charge in [-0.2, -0.15) is 0 Å². The van der Waals surface area contributed by atoms with Crippen molar-refractivity contribution >= 4 is 25.8 Å². The SMILES string of the molecule is Cn1c(P)nc2ccccc21. The van der Waals surface area contributed by atoms with Gasteiger partial charge < -0.3 is 4.57 Å². The number of nitrogens with zero attached hydrogens (tertiary/aromatic N) is 2. The molecule has 2 nitrogen and oxygen atoms in total. The lowest BCUT2D eigenvalue weighted by atomic mass is 10.3. The Kier molecular flexibility index (Phi) is 1.43. The molecule has 1 atom stereocenters. The molecule has 0 radical (unpaired) electrons. The van der Waals surface area contributed by atoms with Crippen LogP contribution in [0.4, 0.5) is 0 Å². The summed E-state index contributed by atoms with van der Waals surface area (Å²) >= 11 is 0. The monoisotopic (exact) mass is 164 g/mol. The van der Waals surface area contributed by atoms with E-state index < -0.39 is 0 Å². The minimum Gasteiger partial charge on any atom is -0.328 e. The van der Waals surface area contributed by atoms with Gasteiger partial charge in [0.25, 0.3) is 0 Å². The smallest absolute Gasteiger partial charge is 0.126 e. The van der Waals surface area contributed by atoms with E-state index in [2.05, 4.69) is 24.9 Å². The molecule has 0 aliphatic rings. The molecule has 0 saturated heterocycles. The third-order valence-corrected chi connectivity index (χ3v) is 2.34. The zero-order chi connectivity index (χ0) is 7.84. The van der Waals surface area contributed by atoms with Gasteiger partial charge in [0.15, 0.2) is 0 Å². The molecule has 0 bridgehead atoms. The van der Waals surface area contributed by atoms with E-state index in [9.17, 15) is 0 Å². The van der Waals surface area contributed by atoms with E-state index in [0.717, 1.165) is 11.1 Å². The van der Waals surface area contributed by atoms with Gasteiger partial charge in [-0.25, -0.2) is 4.98 Å². The Balaban J connectivity index is 2.92. The number of aromatic nitrogens is 2. The summed E-state index contributed by atoms with van der Waals surface area (Å²) in [5, 5.41) is 0. The summed E-state index contributed by atoms with van der Waals surface area (Å²) in [5.41, 5.74) is 3.21. The summed E-state index contributed by atoms with van der Waals surface area (Å²) < 4.78 is 2.06. The molecule has 0 spiro atoms. The Morgan fingerprint density at radius 2 is 2.09 bits per heavy atom. The maximum Gasteiger partial charge on any atom is 0.126 e. The maximum absolute atomic E-state index is 4.34. The van der Waals surface area contributed by atoms with Crippen molar-refractivity contribution in [3.05, 3.63) is 24.3 Å². The summed E-state index contributed by atoms with van der Waals surface area (Å²) in [4.78, 5) is 4.34. The largest absolute Gasteiger partial charge is 0.328 e. The minimum atomic E-state index is 0.978. The minimum absolute atomic E-state index is 0.978. The summed E-state index contributed by atoms with van der Waals surface area (Å²) in [7, 11) is 4.62. The van der Waals surface area contributed by atoms with E-state index in [1.54, 1.807) is 0 Å². The van der Waals surface area contributed by atoms with Crippen LogP contribution < -0.4 is 5.57 Å². The van der Waals surface area contributed by atoms with Crippen LogP contribution in [0.25, 0.3) is 11.0 Å². The van der Waals surface area contributed by atoms with Gasteiger partial charge in [0.1, 0.15) is 5.57 Å². The highest BCUT2D eigenvalue weighted by Gasteiger charge is 2.00. The predicted octanol–water partition coefficient (Wildman–Crippen LogP) is 1.07. The number of hydrogen-bond acceptors (Lipinski definition) is 1. The van der Waals surface area contributed by atoms with Gasteiger partial charge in [0.2, 0.25) is 0 Å². The first-order chi connectivity index (χ1) is 5.29. The third-order valence-electron chi connectivity index (χ3n) is 1.82. The van der Waals surface area contributed by atoms with E-state index in [1.165, 1.54) is 5.52 Å². The fourth-order valence-corrected chi connectivity index (χ4v) is 1.44. The van der Waals surface area contributed by atoms with Gasteiger partial charge >= 0.3 is 0 Å². The molecule has 0 aliphatic carbocycles. The highest BCUT2D eigenvalue weighted by atomic mass is 31.0. The quantitative estimate of drug-likeness (QED) is 0.532. The number of hydrogen-bond donors (Lipinski definition) is 0. The Morgan fingerprint density at radius 1 is 1.36 bits per heavy atom. The molecule has 3 heteroatoms. The van der Waals surface area contributed by atoms with Crippen LogP contribution in [-0.2, 0) is 7.05 Å². The molecule has 0 fully saturated rings. The molecule has 2 aromatic rings. The van der Waals surface area contributed by atoms with Gasteiger partial charge in [0.05, 0.1) is 11.0 Å². The topological polar surface area (TPSA) is 17.8 Å².